The van der Waals surface area contributed by atoms with Crippen molar-refractivity contribution in [2.45, 2.75) is 32.5 Å². The zero-order chi connectivity index (χ0) is 16.8. The van der Waals surface area contributed by atoms with Crippen LogP contribution in [0.2, 0.25) is 0 Å². The van der Waals surface area contributed by atoms with Gasteiger partial charge in [-0.3, -0.25) is 9.78 Å². The molecule has 0 saturated carbocycles. The molecule has 4 nitrogen and oxygen atoms in total. The molecule has 2 fully saturated rings. The van der Waals surface area contributed by atoms with Gasteiger partial charge in [-0.15, -0.1) is 0 Å². The van der Waals surface area contributed by atoms with Crippen molar-refractivity contribution >= 4 is 5.91 Å². The van der Waals surface area contributed by atoms with Crippen molar-refractivity contribution in [1.82, 2.24) is 14.8 Å². The fourth-order valence-corrected chi connectivity index (χ4v) is 3.48. The summed E-state index contributed by atoms with van der Waals surface area (Å²) in [6, 6.07) is 2.66. The maximum Gasteiger partial charge on any atom is 0.433 e. The average Bonchev–Trinajstić information content (AvgIpc) is 2.90. The van der Waals surface area contributed by atoms with Gasteiger partial charge < -0.3 is 9.80 Å². The second-order valence-corrected chi connectivity index (χ2v) is 6.90. The van der Waals surface area contributed by atoms with Crippen LogP contribution in [-0.2, 0) is 6.18 Å². The van der Waals surface area contributed by atoms with Gasteiger partial charge in [0.2, 0.25) is 0 Å². The van der Waals surface area contributed by atoms with E-state index in [4.69, 9.17) is 0 Å². The highest BCUT2D eigenvalue weighted by molar-refractivity contribution is 5.94. The SMILES string of the molecule is CC(C)N1CCC2(CN(C(=O)c3ccnc(C(F)(F)F)c3)C2)C1. The summed E-state index contributed by atoms with van der Waals surface area (Å²) in [4.78, 5) is 19.7. The Labute approximate surface area is 133 Å². The molecule has 0 bridgehead atoms. The number of aromatic nitrogens is 1. The molecule has 0 unspecified atom stereocenters. The van der Waals surface area contributed by atoms with E-state index in [-0.39, 0.29) is 16.9 Å². The first-order valence-electron chi connectivity index (χ1n) is 7.77. The largest absolute Gasteiger partial charge is 0.433 e. The third-order valence-corrected chi connectivity index (χ3v) is 4.84. The van der Waals surface area contributed by atoms with E-state index in [1.807, 2.05) is 0 Å². The quantitative estimate of drug-likeness (QED) is 0.838. The topological polar surface area (TPSA) is 36.4 Å². The van der Waals surface area contributed by atoms with E-state index < -0.39 is 11.9 Å². The summed E-state index contributed by atoms with van der Waals surface area (Å²) < 4.78 is 38.1. The minimum absolute atomic E-state index is 0.0564. The van der Waals surface area contributed by atoms with E-state index in [0.29, 0.717) is 19.1 Å². The van der Waals surface area contributed by atoms with Crippen LogP contribution in [-0.4, -0.2) is 52.9 Å². The second kappa shape index (κ2) is 5.47. The van der Waals surface area contributed by atoms with Crippen LogP contribution in [0.15, 0.2) is 18.3 Å². The highest BCUT2D eigenvalue weighted by Crippen LogP contribution is 2.40. The molecule has 2 aliphatic rings. The Morgan fingerprint density at radius 1 is 1.30 bits per heavy atom. The zero-order valence-corrected chi connectivity index (χ0v) is 13.2. The van der Waals surface area contributed by atoms with Gasteiger partial charge in [0.25, 0.3) is 5.91 Å². The van der Waals surface area contributed by atoms with E-state index in [9.17, 15) is 18.0 Å². The second-order valence-electron chi connectivity index (χ2n) is 6.90. The molecule has 1 amide bonds. The first-order valence-corrected chi connectivity index (χ1v) is 7.77. The number of carbonyl (C=O) groups is 1. The highest BCUT2D eigenvalue weighted by atomic mass is 19.4. The zero-order valence-electron chi connectivity index (χ0n) is 13.2. The number of halogens is 3. The molecular weight excluding hydrogens is 307 g/mol. The van der Waals surface area contributed by atoms with Gasteiger partial charge in [0.05, 0.1) is 0 Å². The predicted octanol–water partition coefficient (Wildman–Crippen LogP) is 2.66. The summed E-state index contributed by atoms with van der Waals surface area (Å²) in [6.07, 6.45) is -2.45. The molecule has 1 spiro atoms. The monoisotopic (exact) mass is 327 g/mol. The van der Waals surface area contributed by atoms with Crippen molar-refractivity contribution in [2.75, 3.05) is 26.2 Å². The predicted molar refractivity (Wildman–Crippen MR) is 78.9 cm³/mol. The van der Waals surface area contributed by atoms with Crippen LogP contribution in [0, 0.1) is 5.41 Å². The Hall–Kier alpha value is -1.63. The smallest absolute Gasteiger partial charge is 0.337 e. The highest BCUT2D eigenvalue weighted by Gasteiger charge is 2.49. The van der Waals surface area contributed by atoms with Gasteiger partial charge >= 0.3 is 6.18 Å². The first-order chi connectivity index (χ1) is 10.7. The Kier molecular flexibility index (Phi) is 3.86. The van der Waals surface area contributed by atoms with Crippen LogP contribution < -0.4 is 0 Å². The number of rotatable bonds is 2. The van der Waals surface area contributed by atoms with E-state index in [1.165, 1.54) is 6.07 Å². The standard InChI is InChI=1S/C16H20F3N3O/c1-11(2)21-6-4-15(8-21)9-22(10-15)14(23)12-3-5-20-13(7-12)16(17,18)19/h3,5,7,11H,4,6,8-10H2,1-2H3. The number of pyridine rings is 1. The number of carbonyl (C=O) groups excluding carboxylic acids is 1. The normalized spacial score (nSPS) is 21.0. The summed E-state index contributed by atoms with van der Waals surface area (Å²) in [5, 5.41) is 0. The number of likely N-dealkylation sites (tertiary alicyclic amines) is 2. The molecule has 0 aliphatic carbocycles. The van der Waals surface area contributed by atoms with Gasteiger partial charge in [-0.2, -0.15) is 13.2 Å². The van der Waals surface area contributed by atoms with E-state index >= 15 is 0 Å². The third-order valence-electron chi connectivity index (χ3n) is 4.84. The minimum atomic E-state index is -4.53. The van der Waals surface area contributed by atoms with E-state index in [1.54, 1.807) is 4.90 Å². The summed E-state index contributed by atoms with van der Waals surface area (Å²) >= 11 is 0. The summed E-state index contributed by atoms with van der Waals surface area (Å²) in [6.45, 7) is 7.52. The first kappa shape index (κ1) is 16.2. The lowest BCUT2D eigenvalue weighted by atomic mass is 9.78. The molecule has 126 valence electrons. The number of hydrogen-bond donors (Lipinski definition) is 0. The molecule has 0 N–H and O–H groups in total. The molecule has 0 radical (unpaired) electrons. The Morgan fingerprint density at radius 2 is 2.00 bits per heavy atom. The molecule has 23 heavy (non-hydrogen) atoms. The molecule has 3 heterocycles. The Morgan fingerprint density at radius 3 is 2.57 bits per heavy atom. The van der Waals surface area contributed by atoms with Gasteiger partial charge in [-0.1, -0.05) is 0 Å². The van der Waals surface area contributed by atoms with Crippen LogP contribution >= 0.6 is 0 Å². The molecule has 3 rings (SSSR count). The van der Waals surface area contributed by atoms with Crippen molar-refractivity contribution in [3.63, 3.8) is 0 Å². The molecule has 0 atom stereocenters. The van der Waals surface area contributed by atoms with Crippen molar-refractivity contribution in [3.05, 3.63) is 29.6 Å². The van der Waals surface area contributed by atoms with Gasteiger partial charge in [0.15, 0.2) is 0 Å². The molecule has 7 heteroatoms. The number of hydrogen-bond acceptors (Lipinski definition) is 3. The third kappa shape index (κ3) is 3.06. The van der Waals surface area contributed by atoms with Crippen molar-refractivity contribution in [3.8, 4) is 0 Å². The molecule has 2 aliphatic heterocycles. The molecule has 0 aromatic carbocycles. The maximum absolute atomic E-state index is 12.7. The van der Waals surface area contributed by atoms with E-state index in [2.05, 4.69) is 23.7 Å². The number of nitrogens with zero attached hydrogens (tertiary/aromatic N) is 3. The summed E-state index contributed by atoms with van der Waals surface area (Å²) in [5.74, 6) is -0.341. The lowest BCUT2D eigenvalue weighted by Gasteiger charge is -2.48. The van der Waals surface area contributed by atoms with Gasteiger partial charge in [-0.25, -0.2) is 0 Å². The van der Waals surface area contributed by atoms with Gasteiger partial charge in [0.1, 0.15) is 5.69 Å². The van der Waals surface area contributed by atoms with Crippen molar-refractivity contribution in [2.24, 2.45) is 5.41 Å². The Bertz CT molecular complexity index is 609. The fourth-order valence-electron chi connectivity index (χ4n) is 3.48. The minimum Gasteiger partial charge on any atom is -0.337 e. The Balaban J connectivity index is 1.66. The average molecular weight is 327 g/mol. The molecule has 2 saturated heterocycles. The maximum atomic E-state index is 12.7. The summed E-state index contributed by atoms with van der Waals surface area (Å²) in [7, 11) is 0. The fraction of sp³-hybridized carbons (Fsp3) is 0.625. The van der Waals surface area contributed by atoms with E-state index in [0.717, 1.165) is 31.8 Å². The molecule has 1 aromatic heterocycles. The summed E-state index contributed by atoms with van der Waals surface area (Å²) in [5.41, 5.74) is -0.842. The van der Waals surface area contributed by atoms with Gasteiger partial charge in [0, 0.05) is 42.9 Å². The van der Waals surface area contributed by atoms with Crippen LogP contribution in [0.25, 0.3) is 0 Å². The lowest BCUT2D eigenvalue weighted by Crippen LogP contribution is -2.59. The van der Waals surface area contributed by atoms with Crippen molar-refractivity contribution < 1.29 is 18.0 Å². The van der Waals surface area contributed by atoms with Crippen LogP contribution in [0.4, 0.5) is 13.2 Å². The molecule has 1 aromatic rings. The molecular formula is C16H20F3N3O. The van der Waals surface area contributed by atoms with Gasteiger partial charge in [-0.05, 0) is 38.9 Å². The number of alkyl halides is 3. The van der Waals surface area contributed by atoms with Crippen LogP contribution in [0.3, 0.4) is 0 Å². The lowest BCUT2D eigenvalue weighted by molar-refractivity contribution is -0.141. The number of amides is 1. The van der Waals surface area contributed by atoms with Crippen LogP contribution in [0.1, 0.15) is 36.3 Å². The van der Waals surface area contributed by atoms with Crippen molar-refractivity contribution in [1.29, 1.82) is 0 Å². The van der Waals surface area contributed by atoms with Crippen LogP contribution in [0.5, 0.6) is 0 Å².